The van der Waals surface area contributed by atoms with E-state index in [4.69, 9.17) is 5.73 Å². The molecule has 1 aromatic carbocycles. The summed E-state index contributed by atoms with van der Waals surface area (Å²) < 4.78 is 0.961. The van der Waals surface area contributed by atoms with E-state index in [1.165, 1.54) is 6.42 Å². The summed E-state index contributed by atoms with van der Waals surface area (Å²) >= 11 is 3.46. The van der Waals surface area contributed by atoms with Crippen LogP contribution in [0.25, 0.3) is 0 Å². The zero-order valence-electron chi connectivity index (χ0n) is 11.8. The number of benzene rings is 1. The minimum Gasteiger partial charge on any atom is -0.336 e. The fourth-order valence-corrected chi connectivity index (χ4v) is 3.39. The molecule has 0 aromatic heterocycles. The van der Waals surface area contributed by atoms with Gasteiger partial charge in [-0.3, -0.25) is 4.79 Å². The summed E-state index contributed by atoms with van der Waals surface area (Å²) in [6.07, 6.45) is 4.28. The Balaban J connectivity index is 0.00000200. The number of carbonyl (C=O) groups is 1. The third kappa shape index (κ3) is 4.21. The lowest BCUT2D eigenvalue weighted by Crippen LogP contribution is -2.44. The SMILES string of the molecule is Cc1cc(Br)cc(C(=O)N2CCCCC2CCN)c1.Cl. The zero-order valence-corrected chi connectivity index (χ0v) is 14.2. The van der Waals surface area contributed by atoms with Gasteiger partial charge in [0.15, 0.2) is 0 Å². The summed E-state index contributed by atoms with van der Waals surface area (Å²) in [5, 5.41) is 0. The summed E-state index contributed by atoms with van der Waals surface area (Å²) in [6, 6.07) is 6.19. The molecule has 3 nitrogen and oxygen atoms in total. The van der Waals surface area contributed by atoms with Crippen LogP contribution in [0.4, 0.5) is 0 Å². The molecule has 1 saturated heterocycles. The van der Waals surface area contributed by atoms with Crippen molar-refractivity contribution in [3.63, 3.8) is 0 Å². The number of likely N-dealkylation sites (tertiary alicyclic amines) is 1. The van der Waals surface area contributed by atoms with Crippen molar-refractivity contribution in [1.82, 2.24) is 4.90 Å². The van der Waals surface area contributed by atoms with E-state index in [9.17, 15) is 4.79 Å². The largest absolute Gasteiger partial charge is 0.336 e. The molecule has 5 heteroatoms. The molecule has 1 amide bonds. The quantitative estimate of drug-likeness (QED) is 0.895. The van der Waals surface area contributed by atoms with Gasteiger partial charge in [0, 0.05) is 22.6 Å². The van der Waals surface area contributed by atoms with Gasteiger partial charge in [0.25, 0.3) is 5.91 Å². The van der Waals surface area contributed by atoms with Crippen LogP contribution in [0.2, 0.25) is 0 Å². The number of amides is 1. The van der Waals surface area contributed by atoms with E-state index in [0.717, 1.165) is 41.4 Å². The van der Waals surface area contributed by atoms with Gasteiger partial charge < -0.3 is 10.6 Å². The third-order valence-electron chi connectivity index (χ3n) is 3.68. The predicted octanol–water partition coefficient (Wildman–Crippen LogP) is 3.52. The molecule has 1 unspecified atom stereocenters. The first kappa shape index (κ1) is 17.5. The monoisotopic (exact) mass is 360 g/mol. The molecule has 0 bridgehead atoms. The van der Waals surface area contributed by atoms with Gasteiger partial charge in [0.2, 0.25) is 0 Å². The van der Waals surface area contributed by atoms with E-state index >= 15 is 0 Å². The van der Waals surface area contributed by atoms with Gasteiger partial charge in [0.1, 0.15) is 0 Å². The fraction of sp³-hybridized carbons (Fsp3) is 0.533. The summed E-state index contributed by atoms with van der Waals surface area (Å²) in [7, 11) is 0. The smallest absolute Gasteiger partial charge is 0.254 e. The van der Waals surface area contributed by atoms with E-state index in [2.05, 4.69) is 15.9 Å². The fourth-order valence-electron chi connectivity index (χ4n) is 2.79. The minimum atomic E-state index is 0. The minimum absolute atomic E-state index is 0. The van der Waals surface area contributed by atoms with Crippen LogP contribution in [0, 0.1) is 6.92 Å². The van der Waals surface area contributed by atoms with Crippen LogP contribution < -0.4 is 5.73 Å². The van der Waals surface area contributed by atoms with Crippen molar-refractivity contribution in [1.29, 1.82) is 0 Å². The van der Waals surface area contributed by atoms with E-state index in [-0.39, 0.29) is 18.3 Å². The number of hydrogen-bond acceptors (Lipinski definition) is 2. The van der Waals surface area contributed by atoms with Crippen LogP contribution in [0.5, 0.6) is 0 Å². The van der Waals surface area contributed by atoms with Crippen LogP contribution in [-0.2, 0) is 0 Å². The van der Waals surface area contributed by atoms with Crippen molar-refractivity contribution in [2.45, 2.75) is 38.6 Å². The molecule has 1 aliphatic rings. The highest BCUT2D eigenvalue weighted by atomic mass is 79.9. The maximum Gasteiger partial charge on any atom is 0.254 e. The maximum absolute atomic E-state index is 12.7. The number of halogens is 2. The molecule has 1 aliphatic heterocycles. The number of aryl methyl sites for hydroxylation is 1. The highest BCUT2D eigenvalue weighted by Crippen LogP contribution is 2.23. The predicted molar refractivity (Wildman–Crippen MR) is 88.5 cm³/mol. The average molecular weight is 362 g/mol. The highest BCUT2D eigenvalue weighted by molar-refractivity contribution is 9.10. The molecule has 0 spiro atoms. The Hall–Kier alpha value is -0.580. The molecule has 112 valence electrons. The van der Waals surface area contributed by atoms with Crippen molar-refractivity contribution >= 4 is 34.2 Å². The van der Waals surface area contributed by atoms with Crippen LogP contribution >= 0.6 is 28.3 Å². The van der Waals surface area contributed by atoms with Crippen molar-refractivity contribution in [3.05, 3.63) is 33.8 Å². The normalized spacial score (nSPS) is 18.6. The van der Waals surface area contributed by atoms with Crippen LogP contribution in [0.15, 0.2) is 22.7 Å². The first-order valence-corrected chi connectivity index (χ1v) is 7.69. The van der Waals surface area contributed by atoms with Crippen molar-refractivity contribution < 1.29 is 4.79 Å². The Morgan fingerprint density at radius 2 is 2.15 bits per heavy atom. The van der Waals surface area contributed by atoms with E-state index in [1.54, 1.807) is 0 Å². The molecule has 2 rings (SSSR count). The topological polar surface area (TPSA) is 46.3 Å². The van der Waals surface area contributed by atoms with Crippen LogP contribution in [-0.4, -0.2) is 29.9 Å². The van der Waals surface area contributed by atoms with Gasteiger partial charge in [-0.15, -0.1) is 12.4 Å². The number of rotatable bonds is 3. The van der Waals surface area contributed by atoms with E-state index in [0.29, 0.717) is 12.6 Å². The first-order chi connectivity index (χ1) is 9.11. The Morgan fingerprint density at radius 1 is 1.40 bits per heavy atom. The molecule has 20 heavy (non-hydrogen) atoms. The van der Waals surface area contributed by atoms with Gasteiger partial charge in [0.05, 0.1) is 0 Å². The summed E-state index contributed by atoms with van der Waals surface area (Å²) in [4.78, 5) is 14.7. The zero-order chi connectivity index (χ0) is 13.8. The molecule has 0 radical (unpaired) electrons. The van der Waals surface area contributed by atoms with Crippen molar-refractivity contribution in [2.24, 2.45) is 5.73 Å². The lowest BCUT2D eigenvalue weighted by Gasteiger charge is -2.36. The van der Waals surface area contributed by atoms with Gasteiger partial charge in [-0.1, -0.05) is 15.9 Å². The Morgan fingerprint density at radius 3 is 2.80 bits per heavy atom. The Kier molecular flexibility index (Phi) is 7.00. The van der Waals surface area contributed by atoms with Gasteiger partial charge >= 0.3 is 0 Å². The molecule has 1 aromatic rings. The molecule has 0 aliphatic carbocycles. The van der Waals surface area contributed by atoms with Gasteiger partial charge in [-0.2, -0.15) is 0 Å². The maximum atomic E-state index is 12.7. The number of hydrogen-bond donors (Lipinski definition) is 1. The molecular formula is C15H22BrClN2O. The number of nitrogens with two attached hydrogens (primary N) is 1. The molecular weight excluding hydrogens is 340 g/mol. The average Bonchev–Trinajstić information content (AvgIpc) is 2.38. The Bertz CT molecular complexity index is 445. The van der Waals surface area contributed by atoms with Gasteiger partial charge in [-0.05, 0) is 62.9 Å². The summed E-state index contributed by atoms with van der Waals surface area (Å²) in [5.41, 5.74) is 7.54. The second kappa shape index (κ2) is 8.01. The standard InChI is InChI=1S/C15H21BrN2O.ClH/c1-11-8-12(10-13(16)9-11)15(19)18-7-3-2-4-14(18)5-6-17;/h8-10,14H,2-7,17H2,1H3;1H. The van der Waals surface area contributed by atoms with Crippen molar-refractivity contribution in [3.8, 4) is 0 Å². The van der Waals surface area contributed by atoms with E-state index in [1.807, 2.05) is 30.0 Å². The number of nitrogens with zero attached hydrogens (tertiary/aromatic N) is 1. The molecule has 2 N–H and O–H groups in total. The van der Waals surface area contributed by atoms with Crippen molar-refractivity contribution in [2.75, 3.05) is 13.1 Å². The Labute approximate surface area is 135 Å². The van der Waals surface area contributed by atoms with Gasteiger partial charge in [-0.25, -0.2) is 0 Å². The lowest BCUT2D eigenvalue weighted by molar-refractivity contribution is 0.0605. The second-order valence-corrected chi connectivity index (χ2v) is 6.16. The molecule has 1 heterocycles. The third-order valence-corrected chi connectivity index (χ3v) is 4.13. The highest BCUT2D eigenvalue weighted by Gasteiger charge is 2.26. The summed E-state index contributed by atoms with van der Waals surface area (Å²) in [6.45, 7) is 3.51. The second-order valence-electron chi connectivity index (χ2n) is 5.24. The molecule has 0 saturated carbocycles. The molecule has 1 fully saturated rings. The lowest BCUT2D eigenvalue weighted by atomic mass is 9.98. The van der Waals surface area contributed by atoms with Crippen LogP contribution in [0.3, 0.4) is 0 Å². The number of piperidine rings is 1. The van der Waals surface area contributed by atoms with Crippen LogP contribution in [0.1, 0.15) is 41.6 Å². The first-order valence-electron chi connectivity index (χ1n) is 6.90. The number of carbonyl (C=O) groups excluding carboxylic acids is 1. The van der Waals surface area contributed by atoms with E-state index < -0.39 is 0 Å². The molecule has 1 atom stereocenters. The summed E-state index contributed by atoms with van der Waals surface area (Å²) in [5.74, 6) is 0.141.